The number of nitrogens with zero attached hydrogens (tertiary/aromatic N) is 2. The summed E-state index contributed by atoms with van der Waals surface area (Å²) in [6.07, 6.45) is 2.53. The number of carbonyl (C=O) groups excluding carboxylic acids is 2. The lowest BCUT2D eigenvalue weighted by Crippen LogP contribution is -2.33. The number of carbonyl (C=O) groups is 2. The summed E-state index contributed by atoms with van der Waals surface area (Å²) in [5.41, 5.74) is 0.239. The van der Waals surface area contributed by atoms with Gasteiger partial charge in [-0.05, 0) is 18.2 Å². The number of rotatable bonds is 2. The SMILES string of the molecule is O=C(/C=C\c1nc2ccccc2c(=O)[nH]1)N1C(=O)CSC1=S. The highest BCUT2D eigenvalue weighted by atomic mass is 32.2. The number of aromatic amines is 1. The first-order valence-electron chi connectivity index (χ1n) is 6.27. The smallest absolute Gasteiger partial charge is 0.259 e. The third-order valence-corrected chi connectivity index (χ3v) is 4.34. The van der Waals surface area contributed by atoms with Crippen LogP contribution in [0.15, 0.2) is 35.1 Å². The number of aromatic nitrogens is 2. The first kappa shape index (κ1) is 14.6. The molecule has 0 unspecified atom stereocenters. The van der Waals surface area contributed by atoms with Gasteiger partial charge in [-0.3, -0.25) is 14.4 Å². The number of thiocarbonyl (C=S) groups is 1. The molecule has 1 N–H and O–H groups in total. The zero-order valence-corrected chi connectivity index (χ0v) is 12.7. The van der Waals surface area contributed by atoms with E-state index < -0.39 is 5.91 Å². The Kier molecular flexibility index (Phi) is 3.86. The number of thioether (sulfide) groups is 1. The zero-order chi connectivity index (χ0) is 15.7. The molecule has 1 fully saturated rings. The highest BCUT2D eigenvalue weighted by Gasteiger charge is 2.30. The molecule has 1 aromatic carbocycles. The van der Waals surface area contributed by atoms with Gasteiger partial charge in [0.05, 0.1) is 16.7 Å². The summed E-state index contributed by atoms with van der Waals surface area (Å²) in [5, 5.41) is 0.471. The minimum Gasteiger partial charge on any atom is -0.306 e. The van der Waals surface area contributed by atoms with E-state index in [4.69, 9.17) is 12.2 Å². The number of imide groups is 1. The lowest BCUT2D eigenvalue weighted by molar-refractivity contribution is -0.134. The monoisotopic (exact) mass is 331 g/mol. The Labute approximate surface area is 134 Å². The molecule has 2 amide bonds. The fourth-order valence-corrected chi connectivity index (χ4v) is 3.04. The molecule has 2 heterocycles. The molecule has 0 aliphatic carbocycles. The number of nitrogens with one attached hydrogen (secondary N) is 1. The number of hydrogen-bond donors (Lipinski definition) is 1. The van der Waals surface area contributed by atoms with Gasteiger partial charge in [-0.2, -0.15) is 0 Å². The Morgan fingerprint density at radius 2 is 2.14 bits per heavy atom. The average Bonchev–Trinajstić information content (AvgIpc) is 2.84. The summed E-state index contributed by atoms with van der Waals surface area (Å²) in [4.78, 5) is 43.2. The third-order valence-electron chi connectivity index (χ3n) is 2.99. The van der Waals surface area contributed by atoms with E-state index in [1.807, 2.05) is 0 Å². The van der Waals surface area contributed by atoms with Crippen LogP contribution in [0, 0.1) is 0 Å². The average molecular weight is 331 g/mol. The van der Waals surface area contributed by atoms with E-state index in [-0.39, 0.29) is 27.4 Å². The molecule has 0 bridgehead atoms. The van der Waals surface area contributed by atoms with Crippen molar-refractivity contribution in [2.24, 2.45) is 0 Å². The first-order valence-corrected chi connectivity index (χ1v) is 7.66. The van der Waals surface area contributed by atoms with Crippen LogP contribution in [0.5, 0.6) is 0 Å². The van der Waals surface area contributed by atoms with Crippen molar-refractivity contribution in [1.29, 1.82) is 0 Å². The standard InChI is InChI=1S/C14H9N3O3S2/c18-11(17-12(19)7-22-14(17)21)6-5-10-15-9-4-2-1-3-8(9)13(20)16-10/h1-6H,7H2,(H,15,16,20)/b6-5-. The second-order valence-corrected chi connectivity index (χ2v) is 6.03. The van der Waals surface area contributed by atoms with E-state index >= 15 is 0 Å². The Bertz CT molecular complexity index is 872. The van der Waals surface area contributed by atoms with Crippen LogP contribution in [0.1, 0.15) is 5.82 Å². The van der Waals surface area contributed by atoms with Gasteiger partial charge in [0.1, 0.15) is 5.82 Å². The number of amides is 2. The molecule has 0 saturated carbocycles. The summed E-state index contributed by atoms with van der Waals surface area (Å²) in [7, 11) is 0. The predicted octanol–water partition coefficient (Wildman–Crippen LogP) is 1.32. The minimum absolute atomic E-state index is 0.170. The first-order chi connectivity index (χ1) is 10.6. The topological polar surface area (TPSA) is 83.1 Å². The Morgan fingerprint density at radius 1 is 1.36 bits per heavy atom. The number of hydrogen-bond acceptors (Lipinski definition) is 6. The Morgan fingerprint density at radius 3 is 2.86 bits per heavy atom. The van der Waals surface area contributed by atoms with Gasteiger partial charge in [-0.15, -0.1) is 0 Å². The fourth-order valence-electron chi connectivity index (χ4n) is 1.98. The highest BCUT2D eigenvalue weighted by Crippen LogP contribution is 2.19. The number of para-hydroxylation sites is 1. The minimum atomic E-state index is -0.546. The molecule has 1 aromatic heterocycles. The van der Waals surface area contributed by atoms with Crippen LogP contribution < -0.4 is 5.56 Å². The molecular weight excluding hydrogens is 322 g/mol. The van der Waals surface area contributed by atoms with Crippen LogP contribution in [-0.2, 0) is 9.59 Å². The van der Waals surface area contributed by atoms with Crippen molar-refractivity contribution in [2.75, 3.05) is 5.75 Å². The molecule has 3 rings (SSSR count). The molecule has 2 aromatic rings. The van der Waals surface area contributed by atoms with Crippen LogP contribution in [0.3, 0.4) is 0 Å². The van der Waals surface area contributed by atoms with Crippen LogP contribution in [0.25, 0.3) is 17.0 Å². The van der Waals surface area contributed by atoms with Gasteiger partial charge in [0.15, 0.2) is 4.32 Å². The third kappa shape index (κ3) is 2.70. The normalized spacial score (nSPS) is 15.2. The van der Waals surface area contributed by atoms with Crippen molar-refractivity contribution in [3.63, 3.8) is 0 Å². The zero-order valence-electron chi connectivity index (χ0n) is 11.1. The maximum Gasteiger partial charge on any atom is 0.259 e. The molecule has 1 aliphatic rings. The maximum atomic E-state index is 12.0. The molecule has 1 saturated heterocycles. The van der Waals surface area contributed by atoms with Crippen LogP contribution >= 0.6 is 24.0 Å². The van der Waals surface area contributed by atoms with Crippen molar-refractivity contribution >= 4 is 57.1 Å². The van der Waals surface area contributed by atoms with Gasteiger partial charge in [0.25, 0.3) is 11.5 Å². The highest BCUT2D eigenvalue weighted by molar-refractivity contribution is 8.24. The van der Waals surface area contributed by atoms with Gasteiger partial charge in [-0.25, -0.2) is 9.88 Å². The van der Waals surface area contributed by atoms with Crippen molar-refractivity contribution in [3.8, 4) is 0 Å². The van der Waals surface area contributed by atoms with Gasteiger partial charge in [0.2, 0.25) is 5.91 Å². The molecule has 1 aliphatic heterocycles. The Balaban J connectivity index is 1.89. The summed E-state index contributed by atoms with van der Waals surface area (Å²) >= 11 is 6.10. The van der Waals surface area contributed by atoms with Crippen molar-refractivity contribution in [3.05, 3.63) is 46.5 Å². The summed E-state index contributed by atoms with van der Waals surface area (Å²) in [6.45, 7) is 0. The van der Waals surface area contributed by atoms with Crippen LogP contribution in [-0.4, -0.2) is 36.8 Å². The second kappa shape index (κ2) is 5.82. The fraction of sp³-hybridized carbons (Fsp3) is 0.0714. The molecule has 6 nitrogen and oxygen atoms in total. The van der Waals surface area contributed by atoms with E-state index in [1.165, 1.54) is 12.2 Å². The van der Waals surface area contributed by atoms with Gasteiger partial charge in [0, 0.05) is 6.08 Å². The van der Waals surface area contributed by atoms with E-state index in [9.17, 15) is 14.4 Å². The second-order valence-electron chi connectivity index (χ2n) is 4.42. The molecule has 8 heteroatoms. The Hall–Kier alpha value is -2.32. The number of H-pyrrole nitrogens is 1. The summed E-state index contributed by atoms with van der Waals surface area (Å²) in [6, 6.07) is 6.89. The maximum absolute atomic E-state index is 12.0. The van der Waals surface area contributed by atoms with Crippen LogP contribution in [0.2, 0.25) is 0 Å². The largest absolute Gasteiger partial charge is 0.306 e. The van der Waals surface area contributed by atoms with Gasteiger partial charge in [-0.1, -0.05) is 36.1 Å². The van der Waals surface area contributed by atoms with E-state index in [2.05, 4.69) is 9.97 Å². The molecule has 110 valence electrons. The van der Waals surface area contributed by atoms with E-state index in [0.29, 0.717) is 10.9 Å². The van der Waals surface area contributed by atoms with Crippen molar-refractivity contribution in [2.45, 2.75) is 0 Å². The summed E-state index contributed by atoms with van der Waals surface area (Å²) in [5.74, 6) is -0.480. The lowest BCUT2D eigenvalue weighted by Gasteiger charge is -2.09. The molecular formula is C14H9N3O3S2. The van der Waals surface area contributed by atoms with E-state index in [1.54, 1.807) is 24.3 Å². The lowest BCUT2D eigenvalue weighted by atomic mass is 10.2. The molecule has 0 atom stereocenters. The van der Waals surface area contributed by atoms with Gasteiger partial charge >= 0.3 is 0 Å². The number of benzene rings is 1. The molecule has 0 radical (unpaired) electrons. The van der Waals surface area contributed by atoms with Crippen molar-refractivity contribution in [1.82, 2.24) is 14.9 Å². The van der Waals surface area contributed by atoms with E-state index in [0.717, 1.165) is 16.7 Å². The summed E-state index contributed by atoms with van der Waals surface area (Å²) < 4.78 is 0.236. The van der Waals surface area contributed by atoms with Crippen molar-refractivity contribution < 1.29 is 9.59 Å². The van der Waals surface area contributed by atoms with Crippen LogP contribution in [0.4, 0.5) is 0 Å². The molecule has 0 spiro atoms. The quantitative estimate of drug-likeness (QED) is 0.660. The molecule has 22 heavy (non-hydrogen) atoms. The predicted molar refractivity (Wildman–Crippen MR) is 88.3 cm³/mol. The number of fused-ring (bicyclic) bond motifs is 1. The van der Waals surface area contributed by atoms with Gasteiger partial charge < -0.3 is 4.98 Å².